The van der Waals surface area contributed by atoms with Gasteiger partial charge < -0.3 is 10.1 Å². The van der Waals surface area contributed by atoms with Gasteiger partial charge >= 0.3 is 0 Å². The molecule has 100 valence electrons. The molecule has 0 radical (unpaired) electrons. The first kappa shape index (κ1) is 14.0. The van der Waals surface area contributed by atoms with Gasteiger partial charge in [0.2, 0.25) is 0 Å². The molecule has 0 bridgehead atoms. The molecule has 1 aromatic rings. The summed E-state index contributed by atoms with van der Waals surface area (Å²) in [7, 11) is 1.79. The minimum absolute atomic E-state index is 0.526. The van der Waals surface area contributed by atoms with Gasteiger partial charge in [0.1, 0.15) is 0 Å². The van der Waals surface area contributed by atoms with E-state index in [4.69, 9.17) is 4.74 Å². The fraction of sp³-hybridized carbons (Fsp3) is 0.600. The molecule has 1 aromatic carbocycles. The second-order valence-electron chi connectivity index (χ2n) is 5.43. The molecule has 0 aliphatic heterocycles. The molecule has 1 aliphatic carbocycles. The highest BCUT2D eigenvalue weighted by atomic mass is 79.9. The molecular formula is C15H22BrNO. The normalized spacial score (nSPS) is 16.8. The summed E-state index contributed by atoms with van der Waals surface area (Å²) in [5, 5.41) is 3.58. The van der Waals surface area contributed by atoms with Crippen molar-refractivity contribution in [3.63, 3.8) is 0 Å². The summed E-state index contributed by atoms with van der Waals surface area (Å²) >= 11 is 3.58. The van der Waals surface area contributed by atoms with Crippen molar-refractivity contribution in [1.82, 2.24) is 5.32 Å². The largest absolute Gasteiger partial charge is 0.385 e. The van der Waals surface area contributed by atoms with Crippen LogP contribution in [0.15, 0.2) is 22.7 Å². The Morgan fingerprint density at radius 2 is 2.17 bits per heavy atom. The molecule has 2 nitrogen and oxygen atoms in total. The Morgan fingerprint density at radius 3 is 2.78 bits per heavy atom. The summed E-state index contributed by atoms with van der Waals surface area (Å²) in [6.45, 7) is 5.07. The van der Waals surface area contributed by atoms with Crippen molar-refractivity contribution >= 4 is 15.9 Å². The van der Waals surface area contributed by atoms with Crippen LogP contribution in [0, 0.1) is 12.3 Å². The van der Waals surface area contributed by atoms with Crippen molar-refractivity contribution in [2.75, 3.05) is 20.3 Å². The Morgan fingerprint density at radius 1 is 1.39 bits per heavy atom. The molecule has 1 fully saturated rings. The zero-order valence-corrected chi connectivity index (χ0v) is 12.8. The van der Waals surface area contributed by atoms with E-state index < -0.39 is 0 Å². The highest BCUT2D eigenvalue weighted by Crippen LogP contribution is 2.48. The average Bonchev–Trinajstić information content (AvgIpc) is 3.12. The molecule has 3 heteroatoms. The topological polar surface area (TPSA) is 21.3 Å². The molecule has 2 rings (SSSR count). The standard InChI is InChI=1S/C15H22BrNO/c1-12-3-4-13(9-14(12)16)10-17-11-15(5-6-15)7-8-18-2/h3-4,9,17H,5-8,10-11H2,1-2H3. The number of rotatable bonds is 7. The Kier molecular flexibility index (Phi) is 4.82. The van der Waals surface area contributed by atoms with Crippen LogP contribution in [0.1, 0.15) is 30.4 Å². The summed E-state index contributed by atoms with van der Waals surface area (Å²) in [6.07, 6.45) is 3.88. The molecule has 0 unspecified atom stereocenters. The fourth-order valence-electron chi connectivity index (χ4n) is 2.23. The zero-order chi connectivity index (χ0) is 13.0. The number of hydrogen-bond donors (Lipinski definition) is 1. The van der Waals surface area contributed by atoms with Crippen molar-refractivity contribution < 1.29 is 4.74 Å². The van der Waals surface area contributed by atoms with Crippen LogP contribution in [-0.2, 0) is 11.3 Å². The maximum absolute atomic E-state index is 5.18. The Balaban J connectivity index is 1.76. The van der Waals surface area contributed by atoms with E-state index in [1.54, 1.807) is 7.11 Å². The van der Waals surface area contributed by atoms with Crippen molar-refractivity contribution in [2.45, 2.75) is 32.7 Å². The van der Waals surface area contributed by atoms with E-state index in [-0.39, 0.29) is 0 Å². The van der Waals surface area contributed by atoms with Crippen molar-refractivity contribution in [2.24, 2.45) is 5.41 Å². The number of aryl methyl sites for hydroxylation is 1. The van der Waals surface area contributed by atoms with Crippen LogP contribution in [0.4, 0.5) is 0 Å². The molecule has 0 aromatic heterocycles. The summed E-state index contributed by atoms with van der Waals surface area (Å²) in [6, 6.07) is 6.57. The van der Waals surface area contributed by atoms with Gasteiger partial charge in [0.25, 0.3) is 0 Å². The predicted octanol–water partition coefficient (Wildman–Crippen LogP) is 3.66. The first-order valence-electron chi connectivity index (χ1n) is 6.60. The van der Waals surface area contributed by atoms with Gasteiger partial charge in [-0.2, -0.15) is 0 Å². The summed E-state index contributed by atoms with van der Waals surface area (Å²) < 4.78 is 6.37. The van der Waals surface area contributed by atoms with Gasteiger partial charge in [0.05, 0.1) is 0 Å². The highest BCUT2D eigenvalue weighted by Gasteiger charge is 2.41. The van der Waals surface area contributed by atoms with Crippen LogP contribution in [-0.4, -0.2) is 20.3 Å². The fourth-order valence-corrected chi connectivity index (χ4v) is 2.66. The third-order valence-corrected chi connectivity index (χ3v) is 4.71. The molecule has 0 heterocycles. The Hall–Kier alpha value is -0.380. The predicted molar refractivity (Wildman–Crippen MR) is 78.7 cm³/mol. The second-order valence-corrected chi connectivity index (χ2v) is 6.28. The van der Waals surface area contributed by atoms with Crippen LogP contribution >= 0.6 is 15.9 Å². The van der Waals surface area contributed by atoms with Gasteiger partial charge in [-0.3, -0.25) is 0 Å². The molecular weight excluding hydrogens is 290 g/mol. The quantitative estimate of drug-likeness (QED) is 0.829. The first-order chi connectivity index (χ1) is 8.65. The summed E-state index contributed by atoms with van der Waals surface area (Å²) in [5.41, 5.74) is 3.16. The SMILES string of the molecule is COCCC1(CNCc2ccc(C)c(Br)c2)CC1. The van der Waals surface area contributed by atoms with E-state index in [0.717, 1.165) is 19.7 Å². The molecule has 1 aliphatic rings. The molecule has 18 heavy (non-hydrogen) atoms. The van der Waals surface area contributed by atoms with Crippen LogP contribution in [0.2, 0.25) is 0 Å². The van der Waals surface area contributed by atoms with E-state index >= 15 is 0 Å². The summed E-state index contributed by atoms with van der Waals surface area (Å²) in [5.74, 6) is 0. The smallest absolute Gasteiger partial charge is 0.0468 e. The lowest BCUT2D eigenvalue weighted by Crippen LogP contribution is -2.24. The lowest BCUT2D eigenvalue weighted by atomic mass is 10.0. The van der Waals surface area contributed by atoms with E-state index in [9.17, 15) is 0 Å². The first-order valence-corrected chi connectivity index (χ1v) is 7.39. The van der Waals surface area contributed by atoms with Gasteiger partial charge in [-0.25, -0.2) is 0 Å². The third kappa shape index (κ3) is 3.81. The van der Waals surface area contributed by atoms with Gasteiger partial charge in [0.15, 0.2) is 0 Å². The average molecular weight is 312 g/mol. The molecule has 1 N–H and O–H groups in total. The number of halogens is 1. The number of ether oxygens (including phenoxy) is 1. The lowest BCUT2D eigenvalue weighted by molar-refractivity contribution is 0.171. The van der Waals surface area contributed by atoms with Crippen LogP contribution < -0.4 is 5.32 Å². The maximum Gasteiger partial charge on any atom is 0.0468 e. The molecule has 0 amide bonds. The second kappa shape index (κ2) is 6.18. The van der Waals surface area contributed by atoms with Gasteiger partial charge in [-0.15, -0.1) is 0 Å². The number of hydrogen-bond acceptors (Lipinski definition) is 2. The van der Waals surface area contributed by atoms with E-state index in [1.807, 2.05) is 0 Å². The number of methoxy groups -OCH3 is 1. The van der Waals surface area contributed by atoms with E-state index in [1.165, 1.54) is 34.9 Å². The molecule has 0 spiro atoms. The van der Waals surface area contributed by atoms with E-state index in [2.05, 4.69) is 46.4 Å². The van der Waals surface area contributed by atoms with Crippen LogP contribution in [0.25, 0.3) is 0 Å². The minimum Gasteiger partial charge on any atom is -0.385 e. The molecule has 0 saturated heterocycles. The minimum atomic E-state index is 0.526. The maximum atomic E-state index is 5.18. The number of nitrogens with one attached hydrogen (secondary N) is 1. The van der Waals surface area contributed by atoms with Gasteiger partial charge in [-0.05, 0) is 48.8 Å². The van der Waals surface area contributed by atoms with Crippen LogP contribution in [0.5, 0.6) is 0 Å². The van der Waals surface area contributed by atoms with E-state index in [0.29, 0.717) is 5.41 Å². The highest BCUT2D eigenvalue weighted by molar-refractivity contribution is 9.10. The number of benzene rings is 1. The molecule has 1 saturated carbocycles. The zero-order valence-electron chi connectivity index (χ0n) is 11.3. The van der Waals surface area contributed by atoms with Crippen molar-refractivity contribution in [3.8, 4) is 0 Å². The monoisotopic (exact) mass is 311 g/mol. The van der Waals surface area contributed by atoms with Gasteiger partial charge in [-0.1, -0.05) is 28.1 Å². The Bertz CT molecular complexity index is 401. The Labute approximate surface area is 118 Å². The molecule has 0 atom stereocenters. The van der Waals surface area contributed by atoms with Crippen molar-refractivity contribution in [1.29, 1.82) is 0 Å². The van der Waals surface area contributed by atoms with Gasteiger partial charge in [0, 0.05) is 31.3 Å². The van der Waals surface area contributed by atoms with Crippen LogP contribution in [0.3, 0.4) is 0 Å². The van der Waals surface area contributed by atoms with Crippen molar-refractivity contribution in [3.05, 3.63) is 33.8 Å². The summed E-state index contributed by atoms with van der Waals surface area (Å²) in [4.78, 5) is 0. The third-order valence-electron chi connectivity index (χ3n) is 3.86. The lowest BCUT2D eigenvalue weighted by Gasteiger charge is -2.15.